The fraction of sp³-hybridized carbons (Fsp3) is 0.320. The van der Waals surface area contributed by atoms with Gasteiger partial charge in [0.15, 0.2) is 0 Å². The molecule has 0 atom stereocenters. The number of nitriles is 1. The molecule has 10 heteroatoms. The monoisotopic (exact) mass is 468 g/mol. The molecule has 1 N–H and O–H groups in total. The number of rotatable bonds is 3. The number of piperidine rings is 1. The van der Waals surface area contributed by atoms with E-state index in [9.17, 15) is 15.2 Å². The van der Waals surface area contributed by atoms with Crippen LogP contribution in [-0.4, -0.2) is 66.7 Å². The van der Waals surface area contributed by atoms with Crippen LogP contribution in [0.1, 0.15) is 18.4 Å². The Bertz CT molecular complexity index is 1460. The second-order valence-corrected chi connectivity index (χ2v) is 9.54. The lowest BCUT2D eigenvalue weighted by molar-refractivity contribution is 0.0707. The van der Waals surface area contributed by atoms with Gasteiger partial charge in [-0.15, -0.1) is 0 Å². The highest BCUT2D eigenvalue weighted by atomic mass is 16.4. The van der Waals surface area contributed by atoms with Crippen molar-refractivity contribution in [3.8, 4) is 28.3 Å². The lowest BCUT2D eigenvalue weighted by Crippen LogP contribution is -2.61. The van der Waals surface area contributed by atoms with Crippen LogP contribution in [-0.2, 0) is 7.05 Å². The van der Waals surface area contributed by atoms with Gasteiger partial charge in [0.25, 0.3) is 0 Å². The number of hydrogen-bond donors (Lipinski definition) is 1. The minimum Gasteiger partial charge on any atom is -0.465 e. The summed E-state index contributed by atoms with van der Waals surface area (Å²) < 4.78 is 3.50. The first-order valence-corrected chi connectivity index (χ1v) is 11.5. The molecule has 176 valence electrons. The van der Waals surface area contributed by atoms with Crippen molar-refractivity contribution >= 4 is 17.4 Å². The highest BCUT2D eigenvalue weighted by molar-refractivity contribution is 5.87. The third kappa shape index (κ3) is 3.56. The summed E-state index contributed by atoms with van der Waals surface area (Å²) in [5.41, 5.74) is 5.17. The second-order valence-electron chi connectivity index (χ2n) is 9.54. The lowest BCUT2D eigenvalue weighted by Gasteiger charge is -2.54. The topological polar surface area (TPSA) is 116 Å². The van der Waals surface area contributed by atoms with Gasteiger partial charge in [-0.2, -0.15) is 15.5 Å². The molecule has 2 aliphatic rings. The first-order valence-electron chi connectivity index (χ1n) is 11.5. The number of anilines is 1. The Kier molecular flexibility index (Phi) is 4.74. The van der Waals surface area contributed by atoms with Gasteiger partial charge in [-0.05, 0) is 31.0 Å². The quantitative estimate of drug-likeness (QED) is 0.491. The molecule has 10 nitrogen and oxygen atoms in total. The molecule has 0 bridgehead atoms. The molecule has 1 amide bonds. The summed E-state index contributed by atoms with van der Waals surface area (Å²) >= 11 is 0. The summed E-state index contributed by atoms with van der Waals surface area (Å²) in [6, 6.07) is 8.36. The van der Waals surface area contributed by atoms with E-state index in [1.807, 2.05) is 44.0 Å². The first-order chi connectivity index (χ1) is 16.9. The minimum atomic E-state index is -0.826. The van der Waals surface area contributed by atoms with E-state index in [0.29, 0.717) is 18.7 Å². The molecule has 0 aromatic carbocycles. The van der Waals surface area contributed by atoms with Gasteiger partial charge >= 0.3 is 6.09 Å². The molecule has 0 unspecified atom stereocenters. The zero-order chi connectivity index (χ0) is 24.2. The van der Waals surface area contributed by atoms with E-state index in [2.05, 4.69) is 27.2 Å². The van der Waals surface area contributed by atoms with Crippen molar-refractivity contribution in [2.24, 2.45) is 12.5 Å². The normalized spacial score (nSPS) is 16.9. The van der Waals surface area contributed by atoms with E-state index in [1.54, 1.807) is 15.4 Å². The fourth-order valence-electron chi connectivity index (χ4n) is 5.30. The Morgan fingerprint density at radius 3 is 2.49 bits per heavy atom. The standard InChI is InChI=1S/C25H24N8O2/c1-30-13-20(12-28-30)18-8-21(23-19(9-26)11-29-33(23)14-18)17-2-3-22(27-10-17)32-15-25(16-32)4-6-31(7-5-25)24(34)35/h2-3,8,10-14H,4-7,15-16H2,1H3,(H,34,35). The molecule has 0 radical (unpaired) electrons. The number of carboxylic acid groups (broad SMARTS) is 1. The first kappa shape index (κ1) is 21.2. The third-order valence-corrected chi connectivity index (χ3v) is 7.30. The average Bonchev–Trinajstić information content (AvgIpc) is 3.48. The van der Waals surface area contributed by atoms with Gasteiger partial charge in [0.05, 0.1) is 23.5 Å². The summed E-state index contributed by atoms with van der Waals surface area (Å²) in [5, 5.41) is 27.5. The van der Waals surface area contributed by atoms with Crippen LogP contribution in [0.3, 0.4) is 0 Å². The molecule has 2 saturated heterocycles. The van der Waals surface area contributed by atoms with Crippen LogP contribution in [0.5, 0.6) is 0 Å². The van der Waals surface area contributed by atoms with Crippen molar-refractivity contribution in [2.75, 3.05) is 31.1 Å². The number of nitrogens with zero attached hydrogens (tertiary/aromatic N) is 8. The number of aryl methyl sites for hydroxylation is 1. The van der Waals surface area contributed by atoms with Gasteiger partial charge in [0.1, 0.15) is 11.9 Å². The fourth-order valence-corrected chi connectivity index (χ4v) is 5.30. The zero-order valence-corrected chi connectivity index (χ0v) is 19.3. The maximum absolute atomic E-state index is 11.2. The van der Waals surface area contributed by atoms with Crippen LogP contribution >= 0.6 is 0 Å². The predicted molar refractivity (Wildman–Crippen MR) is 129 cm³/mol. The maximum atomic E-state index is 11.2. The van der Waals surface area contributed by atoms with Gasteiger partial charge < -0.3 is 14.9 Å². The molecular weight excluding hydrogens is 444 g/mol. The molecule has 6 rings (SSSR count). The summed E-state index contributed by atoms with van der Waals surface area (Å²) in [5.74, 6) is 0.911. The number of carbonyl (C=O) groups is 1. The second kappa shape index (κ2) is 7.84. The van der Waals surface area contributed by atoms with E-state index in [4.69, 9.17) is 4.98 Å². The van der Waals surface area contributed by atoms with E-state index >= 15 is 0 Å². The number of pyridine rings is 2. The molecule has 0 aliphatic carbocycles. The van der Waals surface area contributed by atoms with Crippen LogP contribution in [0.25, 0.3) is 27.8 Å². The molecule has 1 spiro atoms. The van der Waals surface area contributed by atoms with Gasteiger partial charge in [0, 0.05) is 79.5 Å². The Hall–Kier alpha value is -4.39. The molecule has 4 aromatic rings. The summed E-state index contributed by atoms with van der Waals surface area (Å²) in [6.07, 6.45) is 10.1. The predicted octanol–water partition coefficient (Wildman–Crippen LogP) is 3.25. The van der Waals surface area contributed by atoms with Crippen molar-refractivity contribution in [2.45, 2.75) is 12.8 Å². The smallest absolute Gasteiger partial charge is 0.407 e. The third-order valence-electron chi connectivity index (χ3n) is 7.30. The average molecular weight is 469 g/mol. The number of amides is 1. The number of fused-ring (bicyclic) bond motifs is 1. The minimum absolute atomic E-state index is 0.190. The summed E-state index contributed by atoms with van der Waals surface area (Å²) in [6.45, 7) is 3.00. The van der Waals surface area contributed by atoms with Gasteiger partial charge in [-0.3, -0.25) is 4.68 Å². The largest absolute Gasteiger partial charge is 0.465 e. The number of hydrogen-bond acceptors (Lipinski definition) is 6. The molecule has 0 saturated carbocycles. The van der Waals surface area contributed by atoms with Crippen molar-refractivity contribution in [1.29, 1.82) is 5.26 Å². The number of likely N-dealkylation sites (tertiary alicyclic amines) is 1. The van der Waals surface area contributed by atoms with Crippen molar-refractivity contribution in [3.63, 3.8) is 0 Å². The molecule has 2 fully saturated rings. The Morgan fingerprint density at radius 1 is 1.06 bits per heavy atom. The molecule has 2 aliphatic heterocycles. The van der Waals surface area contributed by atoms with Crippen LogP contribution < -0.4 is 4.90 Å². The zero-order valence-electron chi connectivity index (χ0n) is 19.3. The lowest BCUT2D eigenvalue weighted by atomic mass is 9.72. The van der Waals surface area contributed by atoms with E-state index in [1.165, 1.54) is 4.90 Å². The maximum Gasteiger partial charge on any atom is 0.407 e. The van der Waals surface area contributed by atoms with Gasteiger partial charge in [-0.25, -0.2) is 14.3 Å². The van der Waals surface area contributed by atoms with Crippen molar-refractivity contribution < 1.29 is 9.90 Å². The highest BCUT2D eigenvalue weighted by Gasteiger charge is 2.45. The highest BCUT2D eigenvalue weighted by Crippen LogP contribution is 2.42. The molecular formula is C25H24N8O2. The van der Waals surface area contributed by atoms with Gasteiger partial charge in [-0.1, -0.05) is 0 Å². The molecule has 35 heavy (non-hydrogen) atoms. The van der Waals surface area contributed by atoms with E-state index < -0.39 is 6.09 Å². The van der Waals surface area contributed by atoms with Crippen LogP contribution in [0.15, 0.2) is 49.2 Å². The van der Waals surface area contributed by atoms with Gasteiger partial charge in [0.2, 0.25) is 0 Å². The summed E-state index contributed by atoms with van der Waals surface area (Å²) in [4.78, 5) is 19.7. The Morgan fingerprint density at radius 2 is 1.86 bits per heavy atom. The van der Waals surface area contributed by atoms with Crippen molar-refractivity contribution in [3.05, 3.63) is 54.7 Å². The number of aromatic nitrogens is 5. The molecule has 4 aromatic heterocycles. The van der Waals surface area contributed by atoms with Crippen LogP contribution in [0.4, 0.5) is 10.6 Å². The van der Waals surface area contributed by atoms with E-state index in [0.717, 1.165) is 59.5 Å². The van der Waals surface area contributed by atoms with Crippen LogP contribution in [0.2, 0.25) is 0 Å². The SMILES string of the molecule is Cn1cc(-c2cc(-c3ccc(N4CC5(CCN(C(=O)O)CC5)C4)nc3)c3c(C#N)cnn3c2)cn1. The molecule has 6 heterocycles. The van der Waals surface area contributed by atoms with Crippen LogP contribution in [0, 0.1) is 16.7 Å². The Labute approximate surface area is 201 Å². The van der Waals surface area contributed by atoms with Crippen molar-refractivity contribution in [1.82, 2.24) is 29.3 Å². The summed E-state index contributed by atoms with van der Waals surface area (Å²) in [7, 11) is 1.88. The Balaban J connectivity index is 1.27. The van der Waals surface area contributed by atoms with E-state index in [-0.39, 0.29) is 5.41 Å².